The Balaban J connectivity index is 1.51. The van der Waals surface area contributed by atoms with Gasteiger partial charge in [0.1, 0.15) is 6.07 Å². The van der Waals surface area contributed by atoms with Crippen molar-refractivity contribution in [3.8, 4) is 6.07 Å². The zero-order valence-electron chi connectivity index (χ0n) is 15.3. The molecule has 1 amide bonds. The van der Waals surface area contributed by atoms with Crippen molar-refractivity contribution in [3.05, 3.63) is 11.6 Å². The molecule has 2 aliphatic rings. The maximum Gasteiger partial charge on any atom is 0.234 e. The predicted octanol–water partition coefficient (Wildman–Crippen LogP) is 3.16. The van der Waals surface area contributed by atoms with Crippen LogP contribution in [0.2, 0.25) is 0 Å². The van der Waals surface area contributed by atoms with Crippen LogP contribution >= 0.6 is 0 Å². The van der Waals surface area contributed by atoms with E-state index in [1.54, 1.807) is 6.92 Å². The number of amides is 1. The van der Waals surface area contributed by atoms with Gasteiger partial charge in [0.2, 0.25) is 17.5 Å². The first kappa shape index (κ1) is 17.8. The molecule has 6 heteroatoms. The Morgan fingerprint density at radius 1 is 1.24 bits per heavy atom. The van der Waals surface area contributed by atoms with Crippen molar-refractivity contribution in [1.29, 1.82) is 5.26 Å². The summed E-state index contributed by atoms with van der Waals surface area (Å²) in [4.78, 5) is 18.8. The summed E-state index contributed by atoms with van der Waals surface area (Å²) >= 11 is 0. The van der Waals surface area contributed by atoms with E-state index in [1.165, 1.54) is 19.3 Å². The molecule has 2 atom stereocenters. The molecule has 3 rings (SSSR count). The molecule has 6 nitrogen and oxygen atoms in total. The van der Waals surface area contributed by atoms with Crippen LogP contribution in [0.1, 0.15) is 63.5 Å². The number of rotatable bonds is 3. The Morgan fingerprint density at radius 2 is 2.00 bits per heavy atom. The monoisotopic (exact) mass is 344 g/mol. The number of oxazole rings is 1. The molecule has 1 aliphatic carbocycles. The van der Waals surface area contributed by atoms with Gasteiger partial charge in [0, 0.05) is 32.0 Å². The number of carbonyl (C=O) groups is 1. The quantitative estimate of drug-likeness (QED) is 0.852. The number of hydrogen-bond donors (Lipinski definition) is 1. The lowest BCUT2D eigenvalue weighted by atomic mass is 9.95. The average Bonchev–Trinajstić information content (AvgIpc) is 2.88. The van der Waals surface area contributed by atoms with Crippen molar-refractivity contribution < 1.29 is 9.21 Å². The second kappa shape index (κ2) is 7.90. The molecule has 25 heavy (non-hydrogen) atoms. The third-order valence-electron chi connectivity index (χ3n) is 5.58. The Hall–Kier alpha value is -2.03. The molecule has 1 saturated heterocycles. The molecule has 0 spiro atoms. The molecule has 2 heterocycles. The number of carbonyl (C=O) groups excluding carboxylic acids is 1. The van der Waals surface area contributed by atoms with E-state index in [1.807, 2.05) is 4.90 Å². The van der Waals surface area contributed by atoms with Crippen LogP contribution in [0.25, 0.3) is 0 Å². The van der Waals surface area contributed by atoms with E-state index in [0.717, 1.165) is 44.7 Å². The van der Waals surface area contributed by atoms with Crippen LogP contribution in [0.15, 0.2) is 4.42 Å². The van der Waals surface area contributed by atoms with E-state index in [4.69, 9.17) is 9.68 Å². The minimum Gasteiger partial charge on any atom is -0.424 e. The van der Waals surface area contributed by atoms with Crippen molar-refractivity contribution in [3.63, 3.8) is 0 Å². The molecule has 1 aromatic heterocycles. The molecule has 0 aromatic carbocycles. The Kier molecular flexibility index (Phi) is 5.62. The van der Waals surface area contributed by atoms with Gasteiger partial charge in [0.15, 0.2) is 5.89 Å². The first-order chi connectivity index (χ1) is 12.1. The summed E-state index contributed by atoms with van der Waals surface area (Å²) in [6, 6.07) is 2.43. The van der Waals surface area contributed by atoms with Crippen LogP contribution in [0, 0.1) is 30.1 Å². The number of nitriles is 1. The van der Waals surface area contributed by atoms with Gasteiger partial charge < -0.3 is 14.6 Å². The SMILES string of the molecule is Cc1nc(C#N)c(N2CCC(C(=O)N[C@H]3CCC[C@H](C)CC3)CC2)o1. The van der Waals surface area contributed by atoms with Gasteiger partial charge in [-0.2, -0.15) is 5.26 Å². The van der Waals surface area contributed by atoms with Gasteiger partial charge in [-0.3, -0.25) is 4.79 Å². The predicted molar refractivity (Wildman–Crippen MR) is 95.1 cm³/mol. The van der Waals surface area contributed by atoms with Crippen LogP contribution < -0.4 is 10.2 Å². The minimum atomic E-state index is 0.0616. The summed E-state index contributed by atoms with van der Waals surface area (Å²) in [6.45, 7) is 5.50. The smallest absolute Gasteiger partial charge is 0.234 e. The highest BCUT2D eigenvalue weighted by molar-refractivity contribution is 5.79. The topological polar surface area (TPSA) is 82.2 Å². The van der Waals surface area contributed by atoms with Crippen LogP contribution in [-0.2, 0) is 4.79 Å². The van der Waals surface area contributed by atoms with E-state index in [0.29, 0.717) is 23.5 Å². The summed E-state index contributed by atoms with van der Waals surface area (Å²) in [5.74, 6) is 2.11. The van der Waals surface area contributed by atoms with E-state index in [-0.39, 0.29) is 11.8 Å². The van der Waals surface area contributed by atoms with E-state index in [9.17, 15) is 4.79 Å². The van der Waals surface area contributed by atoms with Crippen molar-refractivity contribution >= 4 is 11.8 Å². The largest absolute Gasteiger partial charge is 0.424 e. The molecule has 0 unspecified atom stereocenters. The van der Waals surface area contributed by atoms with Crippen molar-refractivity contribution in [2.45, 2.75) is 64.8 Å². The Labute approximate surface area is 149 Å². The van der Waals surface area contributed by atoms with Crippen molar-refractivity contribution in [2.24, 2.45) is 11.8 Å². The lowest BCUT2D eigenvalue weighted by molar-refractivity contribution is -0.126. The normalized spacial score (nSPS) is 25.2. The van der Waals surface area contributed by atoms with Gasteiger partial charge in [0.05, 0.1) is 0 Å². The van der Waals surface area contributed by atoms with Gasteiger partial charge in [0.25, 0.3) is 0 Å². The Morgan fingerprint density at radius 3 is 2.72 bits per heavy atom. The first-order valence-electron chi connectivity index (χ1n) is 9.49. The number of aromatic nitrogens is 1. The summed E-state index contributed by atoms with van der Waals surface area (Å²) in [5, 5.41) is 12.4. The van der Waals surface area contributed by atoms with Crippen LogP contribution in [0.3, 0.4) is 0 Å². The maximum absolute atomic E-state index is 12.6. The fraction of sp³-hybridized carbons (Fsp3) is 0.737. The highest BCUT2D eigenvalue weighted by atomic mass is 16.4. The number of hydrogen-bond acceptors (Lipinski definition) is 5. The number of piperidine rings is 1. The lowest BCUT2D eigenvalue weighted by Gasteiger charge is -2.31. The van der Waals surface area contributed by atoms with E-state index in [2.05, 4.69) is 23.3 Å². The van der Waals surface area contributed by atoms with Crippen LogP contribution in [0.4, 0.5) is 5.88 Å². The average molecular weight is 344 g/mol. The third-order valence-corrected chi connectivity index (χ3v) is 5.58. The Bertz CT molecular complexity index is 640. The zero-order valence-corrected chi connectivity index (χ0v) is 15.3. The molecule has 1 aromatic rings. The van der Waals surface area contributed by atoms with Gasteiger partial charge in [-0.15, -0.1) is 0 Å². The molecule has 1 N–H and O–H groups in total. The molecule has 1 saturated carbocycles. The summed E-state index contributed by atoms with van der Waals surface area (Å²) in [7, 11) is 0. The van der Waals surface area contributed by atoms with Crippen molar-refractivity contribution in [1.82, 2.24) is 10.3 Å². The lowest BCUT2D eigenvalue weighted by Crippen LogP contribution is -2.44. The molecule has 2 fully saturated rings. The van der Waals surface area contributed by atoms with Crippen LogP contribution in [0.5, 0.6) is 0 Å². The van der Waals surface area contributed by atoms with Gasteiger partial charge in [-0.05, 0) is 38.0 Å². The van der Waals surface area contributed by atoms with E-state index >= 15 is 0 Å². The summed E-state index contributed by atoms with van der Waals surface area (Å²) < 4.78 is 5.58. The minimum absolute atomic E-state index is 0.0616. The second-order valence-electron chi connectivity index (χ2n) is 7.58. The second-order valence-corrected chi connectivity index (χ2v) is 7.58. The number of anilines is 1. The van der Waals surface area contributed by atoms with Gasteiger partial charge in [-0.25, -0.2) is 4.98 Å². The first-order valence-corrected chi connectivity index (χ1v) is 9.49. The standard InChI is InChI=1S/C19H28N4O2/c1-13-4-3-5-16(7-6-13)22-18(24)15-8-10-23(11-9-15)19-17(12-20)21-14(2)25-19/h13,15-16H,3-11H2,1-2H3,(H,22,24)/t13-,16-/m0/s1. The van der Waals surface area contributed by atoms with E-state index < -0.39 is 0 Å². The molecule has 0 bridgehead atoms. The van der Waals surface area contributed by atoms with Crippen molar-refractivity contribution in [2.75, 3.05) is 18.0 Å². The number of nitrogens with zero attached hydrogens (tertiary/aromatic N) is 3. The highest BCUT2D eigenvalue weighted by Crippen LogP contribution is 2.28. The van der Waals surface area contributed by atoms with Crippen LogP contribution in [-0.4, -0.2) is 30.0 Å². The third kappa shape index (κ3) is 4.33. The molecular weight excluding hydrogens is 316 g/mol. The molecule has 0 radical (unpaired) electrons. The highest BCUT2D eigenvalue weighted by Gasteiger charge is 2.29. The molecule has 1 aliphatic heterocycles. The molecule has 136 valence electrons. The molecular formula is C19H28N4O2. The number of nitrogens with one attached hydrogen (secondary N) is 1. The number of aryl methyl sites for hydroxylation is 1. The maximum atomic E-state index is 12.6. The van der Waals surface area contributed by atoms with Gasteiger partial charge in [-0.1, -0.05) is 19.8 Å². The fourth-order valence-electron chi connectivity index (χ4n) is 4.00. The van der Waals surface area contributed by atoms with Gasteiger partial charge >= 0.3 is 0 Å². The summed E-state index contributed by atoms with van der Waals surface area (Å²) in [6.07, 6.45) is 7.51. The summed E-state index contributed by atoms with van der Waals surface area (Å²) in [5.41, 5.74) is 0.341. The zero-order chi connectivity index (χ0) is 17.8. The fourth-order valence-corrected chi connectivity index (χ4v) is 4.00.